The van der Waals surface area contributed by atoms with Gasteiger partial charge in [0.1, 0.15) is 0 Å². The first-order chi connectivity index (χ1) is 6.13. The van der Waals surface area contributed by atoms with Crippen LogP contribution in [0.25, 0.3) is 0 Å². The Bertz CT molecular complexity index is 215. The molecule has 0 aliphatic carbocycles. The Hall–Kier alpha value is -1.07. The van der Waals surface area contributed by atoms with Gasteiger partial charge in [-0.25, -0.2) is 9.98 Å². The van der Waals surface area contributed by atoms with E-state index in [4.69, 9.17) is 4.74 Å². The summed E-state index contributed by atoms with van der Waals surface area (Å²) < 4.78 is 4.93. The molecule has 0 unspecified atom stereocenters. The van der Waals surface area contributed by atoms with Crippen LogP contribution in [0.5, 0.6) is 0 Å². The maximum Gasteiger partial charge on any atom is 0.242 e. The molecule has 0 N–H and O–H groups in total. The molecule has 6 heteroatoms. The third-order valence-electron chi connectivity index (χ3n) is 0.931. The van der Waals surface area contributed by atoms with Crippen LogP contribution < -0.4 is 0 Å². The maximum atomic E-state index is 10.3. The Balaban J connectivity index is 0. The number of carbonyl (C=O) groups excluding carboxylic acids is 2. The minimum Gasteiger partial charge on any atom is -0.370 e. The molecule has 14 heavy (non-hydrogen) atoms. The molecule has 0 saturated heterocycles. The summed E-state index contributed by atoms with van der Waals surface area (Å²) >= 11 is 0. The highest BCUT2D eigenvalue weighted by Crippen LogP contribution is 1.74. The standard InChI is InChI=1S/C8H12N2O3.ClH/c1-7(11)9-3-5-13-6-4-10-8(2)12;/h3-4H,5-6H2,1-2H3;1H. The lowest BCUT2D eigenvalue weighted by molar-refractivity contribution is -0.116. The SMILES string of the molecule is CC(=O)N=CCOCC=NC(C)=O.Cl. The minimum atomic E-state index is -0.263. The van der Waals surface area contributed by atoms with Crippen molar-refractivity contribution >= 4 is 36.7 Å². The van der Waals surface area contributed by atoms with Crippen molar-refractivity contribution in [2.45, 2.75) is 13.8 Å². The van der Waals surface area contributed by atoms with Gasteiger partial charge in [-0.1, -0.05) is 0 Å². The number of nitrogens with zero attached hydrogens (tertiary/aromatic N) is 2. The van der Waals surface area contributed by atoms with Gasteiger partial charge < -0.3 is 4.74 Å². The average molecular weight is 221 g/mol. The largest absolute Gasteiger partial charge is 0.370 e. The quantitative estimate of drug-likeness (QED) is 0.516. The summed E-state index contributed by atoms with van der Waals surface area (Å²) in [5, 5.41) is 0. The number of ether oxygens (including phenoxy) is 1. The third-order valence-corrected chi connectivity index (χ3v) is 0.931. The van der Waals surface area contributed by atoms with Gasteiger partial charge in [-0.05, 0) is 0 Å². The first kappa shape index (κ1) is 15.4. The molecule has 0 atom stereocenters. The van der Waals surface area contributed by atoms with Crippen molar-refractivity contribution in [3.05, 3.63) is 0 Å². The highest BCUT2D eigenvalue weighted by Gasteiger charge is 1.84. The van der Waals surface area contributed by atoms with Crippen LogP contribution in [0, 0.1) is 0 Å². The zero-order valence-electron chi connectivity index (χ0n) is 8.10. The number of carbonyl (C=O) groups is 2. The highest BCUT2D eigenvalue weighted by atomic mass is 35.5. The predicted molar refractivity (Wildman–Crippen MR) is 56.4 cm³/mol. The first-order valence-electron chi connectivity index (χ1n) is 3.77. The average Bonchev–Trinajstić information content (AvgIpc) is 2.01. The van der Waals surface area contributed by atoms with E-state index in [1.807, 2.05) is 0 Å². The van der Waals surface area contributed by atoms with E-state index in [-0.39, 0.29) is 37.4 Å². The number of amides is 2. The van der Waals surface area contributed by atoms with E-state index in [9.17, 15) is 9.59 Å². The van der Waals surface area contributed by atoms with Crippen LogP contribution in [-0.2, 0) is 14.3 Å². The zero-order chi connectivity index (χ0) is 10.1. The second kappa shape index (κ2) is 10.0. The molecule has 2 amide bonds. The second-order valence-corrected chi connectivity index (χ2v) is 2.20. The van der Waals surface area contributed by atoms with Gasteiger partial charge in [-0.3, -0.25) is 9.59 Å². The van der Waals surface area contributed by atoms with Crippen LogP contribution in [0.1, 0.15) is 13.8 Å². The number of aliphatic imine (C=N–C) groups is 2. The number of halogens is 1. The lowest BCUT2D eigenvalue weighted by Crippen LogP contribution is -2.00. The fourth-order valence-corrected chi connectivity index (χ4v) is 0.505. The van der Waals surface area contributed by atoms with Gasteiger partial charge in [0.05, 0.1) is 13.2 Å². The maximum absolute atomic E-state index is 10.3. The van der Waals surface area contributed by atoms with E-state index in [0.29, 0.717) is 0 Å². The highest BCUT2D eigenvalue weighted by molar-refractivity contribution is 5.85. The van der Waals surface area contributed by atoms with E-state index < -0.39 is 0 Å². The second-order valence-electron chi connectivity index (χ2n) is 2.20. The normalized spacial score (nSPS) is 10.4. The van der Waals surface area contributed by atoms with Crippen molar-refractivity contribution in [1.29, 1.82) is 0 Å². The van der Waals surface area contributed by atoms with Crippen molar-refractivity contribution < 1.29 is 14.3 Å². The third kappa shape index (κ3) is 13.5. The van der Waals surface area contributed by atoms with Crippen LogP contribution in [0.15, 0.2) is 9.98 Å². The summed E-state index contributed by atoms with van der Waals surface area (Å²) in [5.74, 6) is -0.526. The molecule has 0 aromatic rings. The van der Waals surface area contributed by atoms with Crippen LogP contribution in [-0.4, -0.2) is 37.5 Å². The Morgan fingerprint density at radius 3 is 1.71 bits per heavy atom. The van der Waals surface area contributed by atoms with Crippen molar-refractivity contribution in [3.8, 4) is 0 Å². The molecule has 0 fully saturated rings. The molecule has 0 aliphatic rings. The van der Waals surface area contributed by atoms with Gasteiger partial charge in [0.2, 0.25) is 11.8 Å². The van der Waals surface area contributed by atoms with Gasteiger partial charge in [0, 0.05) is 26.3 Å². The fraction of sp³-hybridized carbons (Fsp3) is 0.500. The van der Waals surface area contributed by atoms with E-state index in [1.54, 1.807) is 0 Å². The molecule has 0 bridgehead atoms. The van der Waals surface area contributed by atoms with Crippen molar-refractivity contribution in [2.24, 2.45) is 9.98 Å². The van der Waals surface area contributed by atoms with Crippen molar-refractivity contribution in [2.75, 3.05) is 13.2 Å². The number of hydrogen-bond donors (Lipinski definition) is 0. The first-order valence-corrected chi connectivity index (χ1v) is 3.77. The van der Waals surface area contributed by atoms with Crippen molar-refractivity contribution in [3.63, 3.8) is 0 Å². The number of rotatable bonds is 4. The van der Waals surface area contributed by atoms with Crippen LogP contribution >= 0.6 is 12.4 Å². The summed E-state index contributed by atoms with van der Waals surface area (Å²) in [6.45, 7) is 3.19. The summed E-state index contributed by atoms with van der Waals surface area (Å²) in [6.07, 6.45) is 2.73. The Labute approximate surface area is 88.7 Å². The molecule has 0 spiro atoms. The Morgan fingerprint density at radius 2 is 1.43 bits per heavy atom. The molecule has 80 valence electrons. The van der Waals surface area contributed by atoms with Gasteiger partial charge in [-0.15, -0.1) is 12.4 Å². The summed E-state index contributed by atoms with van der Waals surface area (Å²) in [7, 11) is 0. The molecular formula is C8H13ClN2O3. The topological polar surface area (TPSA) is 68.1 Å². The van der Waals surface area contributed by atoms with E-state index >= 15 is 0 Å². The molecule has 0 heterocycles. The smallest absolute Gasteiger partial charge is 0.242 e. The predicted octanol–water partition coefficient (Wildman–Crippen LogP) is 0.659. The fourth-order valence-electron chi connectivity index (χ4n) is 0.505. The molecule has 0 aromatic carbocycles. The van der Waals surface area contributed by atoms with E-state index in [2.05, 4.69) is 9.98 Å². The molecule has 0 saturated carbocycles. The molecule has 0 aromatic heterocycles. The van der Waals surface area contributed by atoms with Crippen molar-refractivity contribution in [1.82, 2.24) is 0 Å². The number of hydrogen-bond acceptors (Lipinski definition) is 3. The lowest BCUT2D eigenvalue weighted by Gasteiger charge is -1.91. The van der Waals surface area contributed by atoms with Gasteiger partial charge in [-0.2, -0.15) is 0 Å². The van der Waals surface area contributed by atoms with E-state index in [0.717, 1.165) is 0 Å². The molecule has 5 nitrogen and oxygen atoms in total. The Kier molecular flexibility index (Phi) is 11.0. The summed E-state index contributed by atoms with van der Waals surface area (Å²) in [4.78, 5) is 27.5. The van der Waals surface area contributed by atoms with Crippen LogP contribution in [0.4, 0.5) is 0 Å². The Morgan fingerprint density at radius 1 is 1.07 bits per heavy atom. The van der Waals surface area contributed by atoms with E-state index in [1.165, 1.54) is 26.3 Å². The molecular weight excluding hydrogens is 208 g/mol. The van der Waals surface area contributed by atoms with Gasteiger partial charge >= 0.3 is 0 Å². The zero-order valence-corrected chi connectivity index (χ0v) is 8.91. The summed E-state index contributed by atoms with van der Waals surface area (Å²) in [6, 6.07) is 0. The van der Waals surface area contributed by atoms with Crippen LogP contribution in [0.3, 0.4) is 0 Å². The monoisotopic (exact) mass is 220 g/mol. The molecule has 0 aliphatic heterocycles. The van der Waals surface area contributed by atoms with Crippen LogP contribution in [0.2, 0.25) is 0 Å². The lowest BCUT2D eigenvalue weighted by atomic mass is 10.7. The molecule has 0 rings (SSSR count). The minimum absolute atomic E-state index is 0. The molecule has 0 radical (unpaired) electrons. The summed E-state index contributed by atoms with van der Waals surface area (Å²) in [5.41, 5.74) is 0. The van der Waals surface area contributed by atoms with Gasteiger partial charge in [0.25, 0.3) is 0 Å². The van der Waals surface area contributed by atoms with Gasteiger partial charge in [0.15, 0.2) is 0 Å².